The second-order valence-corrected chi connectivity index (χ2v) is 2.86. The van der Waals surface area contributed by atoms with Crippen LogP contribution in [0, 0.1) is 12.3 Å². The lowest BCUT2D eigenvalue weighted by Gasteiger charge is -2.02. The molecule has 0 bridgehead atoms. The molecule has 1 saturated carbocycles. The molecule has 2 fully saturated rings. The summed E-state index contributed by atoms with van der Waals surface area (Å²) < 4.78 is 4.61. The van der Waals surface area contributed by atoms with Crippen LogP contribution in [0.4, 0.5) is 0 Å². The van der Waals surface area contributed by atoms with Gasteiger partial charge in [0.15, 0.2) is 5.60 Å². The van der Waals surface area contributed by atoms with Gasteiger partial charge in [-0.3, -0.25) is 4.79 Å². The molecule has 2 rings (SSSR count). The number of aliphatic hydroxyl groups is 2. The van der Waals surface area contributed by atoms with E-state index in [2.05, 4.69) is 10.7 Å². The predicted molar refractivity (Wildman–Crippen MR) is 33.2 cm³/mol. The normalized spacial score (nSPS) is 52.8. The molecule has 0 aromatic heterocycles. The first kappa shape index (κ1) is 6.65. The zero-order chi connectivity index (χ0) is 8.28. The smallest absolute Gasteiger partial charge is 0.310 e. The van der Waals surface area contributed by atoms with Gasteiger partial charge >= 0.3 is 5.97 Å². The number of carbonyl (C=O) groups excluding carboxylic acids is 1. The molecule has 0 spiro atoms. The molecular weight excluding hydrogens is 148 g/mol. The number of hydrogen-bond acceptors (Lipinski definition) is 4. The zero-order valence-corrected chi connectivity index (χ0v) is 5.57. The lowest BCUT2D eigenvalue weighted by Crippen LogP contribution is -2.18. The topological polar surface area (TPSA) is 66.8 Å². The van der Waals surface area contributed by atoms with Gasteiger partial charge in [0.2, 0.25) is 5.60 Å². The van der Waals surface area contributed by atoms with Gasteiger partial charge in [-0.2, -0.15) is 0 Å². The quantitative estimate of drug-likeness (QED) is 0.326. The van der Waals surface area contributed by atoms with Crippen LogP contribution >= 0.6 is 0 Å². The average Bonchev–Trinajstić information content (AvgIpc) is 2.30. The van der Waals surface area contributed by atoms with Crippen molar-refractivity contribution < 1.29 is 19.7 Å². The Bertz CT molecular complexity index is 279. The van der Waals surface area contributed by atoms with Crippen LogP contribution in [0.2, 0.25) is 0 Å². The fraction of sp³-hybridized carbons (Fsp3) is 0.571. The molecule has 3 atom stereocenters. The Hall–Kier alpha value is -1.05. The highest BCUT2D eigenvalue weighted by Crippen LogP contribution is 2.57. The van der Waals surface area contributed by atoms with Crippen molar-refractivity contribution in [2.75, 3.05) is 0 Å². The first-order valence-electron chi connectivity index (χ1n) is 3.17. The summed E-state index contributed by atoms with van der Waals surface area (Å²) in [5.74, 6) is 1.53. The van der Waals surface area contributed by atoms with E-state index in [9.17, 15) is 9.90 Å². The number of terminal acetylenes is 1. The summed E-state index contributed by atoms with van der Waals surface area (Å²) >= 11 is 0. The third-order valence-corrected chi connectivity index (χ3v) is 2.30. The van der Waals surface area contributed by atoms with Crippen LogP contribution in [0.25, 0.3) is 0 Å². The maximum absolute atomic E-state index is 10.6. The van der Waals surface area contributed by atoms with Gasteiger partial charge < -0.3 is 14.9 Å². The van der Waals surface area contributed by atoms with Gasteiger partial charge in [-0.15, -0.1) is 6.42 Å². The Morgan fingerprint density at radius 1 is 1.82 bits per heavy atom. The molecule has 11 heavy (non-hydrogen) atoms. The van der Waals surface area contributed by atoms with Crippen LogP contribution in [0.1, 0.15) is 6.42 Å². The van der Waals surface area contributed by atoms with Crippen LogP contribution in [-0.4, -0.2) is 33.5 Å². The van der Waals surface area contributed by atoms with Crippen LogP contribution in [-0.2, 0) is 9.53 Å². The Balaban J connectivity index is 2.39. The summed E-state index contributed by atoms with van der Waals surface area (Å²) in [7, 11) is 0. The molecule has 2 aliphatic rings. The molecule has 1 unspecified atom stereocenters. The van der Waals surface area contributed by atoms with E-state index in [1.165, 1.54) is 0 Å². The van der Waals surface area contributed by atoms with Gasteiger partial charge in [-0.25, -0.2) is 0 Å². The molecule has 2 N–H and O–H groups in total. The fourth-order valence-electron chi connectivity index (χ4n) is 1.51. The highest BCUT2D eigenvalue weighted by Gasteiger charge is 2.84. The monoisotopic (exact) mass is 154 g/mol. The molecule has 4 heteroatoms. The highest BCUT2D eigenvalue weighted by atomic mass is 16.6. The summed E-state index contributed by atoms with van der Waals surface area (Å²) in [6.07, 6.45) is 3.68. The average molecular weight is 154 g/mol. The number of rotatable bonds is 0. The van der Waals surface area contributed by atoms with Crippen molar-refractivity contribution in [1.29, 1.82) is 0 Å². The minimum atomic E-state index is -1.52. The molecule has 1 saturated heterocycles. The van der Waals surface area contributed by atoms with Gasteiger partial charge in [0, 0.05) is 0 Å². The van der Waals surface area contributed by atoms with Crippen molar-refractivity contribution in [2.24, 2.45) is 0 Å². The van der Waals surface area contributed by atoms with Crippen LogP contribution in [0.5, 0.6) is 0 Å². The van der Waals surface area contributed by atoms with Gasteiger partial charge in [-0.1, -0.05) is 5.92 Å². The van der Waals surface area contributed by atoms with Crippen molar-refractivity contribution in [2.45, 2.75) is 23.7 Å². The predicted octanol–water partition coefficient (Wildman–Crippen LogP) is -1.59. The second-order valence-electron chi connectivity index (χ2n) is 2.86. The van der Waals surface area contributed by atoms with E-state index >= 15 is 0 Å². The Morgan fingerprint density at radius 2 is 2.45 bits per heavy atom. The standard InChI is InChI=1S/C7H6O4/c1-2-7-5(9)6(7,10)3-4(8)11-7/h1,5,9-10H,3H2/t5?,6-,7-/m1/s1. The molecule has 1 heterocycles. The summed E-state index contributed by atoms with van der Waals surface area (Å²) in [6.45, 7) is 0. The van der Waals surface area contributed by atoms with Crippen molar-refractivity contribution >= 4 is 5.97 Å². The van der Waals surface area contributed by atoms with Crippen LogP contribution < -0.4 is 0 Å². The fourth-order valence-corrected chi connectivity index (χ4v) is 1.51. The lowest BCUT2D eigenvalue weighted by atomic mass is 10.2. The van der Waals surface area contributed by atoms with Crippen molar-refractivity contribution in [3.05, 3.63) is 0 Å². The minimum Gasteiger partial charge on any atom is -0.439 e. The van der Waals surface area contributed by atoms with E-state index in [1.54, 1.807) is 0 Å². The molecule has 0 radical (unpaired) electrons. The number of hydrogen-bond donors (Lipinski definition) is 2. The van der Waals surface area contributed by atoms with Gasteiger partial charge in [0.25, 0.3) is 0 Å². The zero-order valence-electron chi connectivity index (χ0n) is 5.57. The molecule has 1 aliphatic heterocycles. The molecule has 0 aromatic rings. The van der Waals surface area contributed by atoms with Crippen molar-refractivity contribution in [1.82, 2.24) is 0 Å². The van der Waals surface area contributed by atoms with E-state index in [0.717, 1.165) is 0 Å². The SMILES string of the molecule is C#C[C@]12OC(=O)C[C@@]1(O)C2O. The summed E-state index contributed by atoms with van der Waals surface area (Å²) in [5.41, 5.74) is -2.96. The van der Waals surface area contributed by atoms with E-state index in [-0.39, 0.29) is 6.42 Å². The summed E-state index contributed by atoms with van der Waals surface area (Å²) in [5, 5.41) is 18.5. The number of aliphatic hydroxyl groups excluding tert-OH is 1. The first-order chi connectivity index (χ1) is 5.07. The number of carbonyl (C=O) groups is 1. The number of ether oxygens (including phenoxy) is 1. The molecule has 1 aliphatic carbocycles. The highest BCUT2D eigenvalue weighted by molar-refractivity contribution is 5.80. The molecule has 0 amide bonds. The summed E-state index contributed by atoms with van der Waals surface area (Å²) in [6, 6.07) is 0. The Kier molecular flexibility index (Phi) is 0.859. The van der Waals surface area contributed by atoms with Gasteiger partial charge in [-0.05, 0) is 0 Å². The third-order valence-electron chi connectivity index (χ3n) is 2.30. The maximum Gasteiger partial charge on any atom is 0.310 e. The largest absolute Gasteiger partial charge is 0.439 e. The van der Waals surface area contributed by atoms with E-state index in [1.807, 2.05) is 0 Å². The Labute approximate surface area is 62.8 Å². The molecule has 4 nitrogen and oxygen atoms in total. The van der Waals surface area contributed by atoms with E-state index in [0.29, 0.717) is 0 Å². The first-order valence-corrected chi connectivity index (χ1v) is 3.17. The maximum atomic E-state index is 10.6. The van der Waals surface area contributed by atoms with Crippen molar-refractivity contribution in [3.63, 3.8) is 0 Å². The Morgan fingerprint density at radius 3 is 2.82 bits per heavy atom. The number of fused-ring (bicyclic) bond motifs is 1. The van der Waals surface area contributed by atoms with E-state index in [4.69, 9.17) is 11.5 Å². The van der Waals surface area contributed by atoms with E-state index < -0.39 is 23.3 Å². The van der Waals surface area contributed by atoms with Gasteiger partial charge in [0.05, 0.1) is 6.42 Å². The molecule has 0 aromatic carbocycles. The minimum absolute atomic E-state index is 0.210. The second kappa shape index (κ2) is 1.42. The number of esters is 1. The molecule has 58 valence electrons. The summed E-state index contributed by atoms with van der Waals surface area (Å²) in [4.78, 5) is 10.6. The van der Waals surface area contributed by atoms with Crippen LogP contribution in [0.15, 0.2) is 0 Å². The third kappa shape index (κ3) is 0.451. The van der Waals surface area contributed by atoms with Crippen LogP contribution in [0.3, 0.4) is 0 Å². The molecular formula is C7H6O4. The van der Waals surface area contributed by atoms with Gasteiger partial charge in [0.1, 0.15) is 6.10 Å². The van der Waals surface area contributed by atoms with Crippen molar-refractivity contribution in [3.8, 4) is 12.3 Å². The lowest BCUT2D eigenvalue weighted by molar-refractivity contribution is -0.145.